The van der Waals surface area contributed by atoms with Gasteiger partial charge < -0.3 is 4.57 Å². The van der Waals surface area contributed by atoms with Crippen LogP contribution in [0.15, 0.2) is 109 Å². The van der Waals surface area contributed by atoms with Crippen LogP contribution >= 0.6 is 0 Å². The topological polar surface area (TPSA) is 33.1 Å². The van der Waals surface area contributed by atoms with Crippen LogP contribution in [0.3, 0.4) is 0 Å². The summed E-state index contributed by atoms with van der Waals surface area (Å²) in [4.78, 5) is 3.68. The van der Waals surface area contributed by atoms with Crippen molar-refractivity contribution in [3.05, 3.63) is 132 Å². The van der Waals surface area contributed by atoms with E-state index in [1.807, 2.05) is 54.6 Å². The first-order chi connectivity index (χ1) is 17.7. The minimum absolute atomic E-state index is 0.618. The van der Waals surface area contributed by atoms with Gasteiger partial charge >= 0.3 is 0 Å². The third-order valence-corrected chi connectivity index (χ3v) is 6.75. The normalized spacial score (nSPS) is 10.9. The molecule has 3 heteroatoms. The van der Waals surface area contributed by atoms with Crippen molar-refractivity contribution < 1.29 is 0 Å². The first kappa shape index (κ1) is 21.4. The molecule has 6 rings (SSSR count). The number of nitriles is 1. The van der Waals surface area contributed by atoms with Gasteiger partial charge in [-0.05, 0) is 42.1 Å². The highest BCUT2D eigenvalue weighted by Crippen LogP contribution is 2.42. The number of para-hydroxylation sites is 2. The molecule has 0 saturated carbocycles. The van der Waals surface area contributed by atoms with Crippen LogP contribution < -0.4 is 0 Å². The van der Waals surface area contributed by atoms with Gasteiger partial charge in [0.2, 0.25) is 0 Å². The van der Waals surface area contributed by atoms with E-state index in [9.17, 15) is 5.26 Å². The lowest BCUT2D eigenvalue weighted by Gasteiger charge is -2.19. The molecule has 1 heterocycles. The van der Waals surface area contributed by atoms with Crippen LogP contribution in [0.25, 0.3) is 54.6 Å². The summed E-state index contributed by atoms with van der Waals surface area (Å²) in [6.45, 7) is 9.63. The zero-order valence-electron chi connectivity index (χ0n) is 19.7. The number of nitrogens with zero attached hydrogens (tertiary/aromatic N) is 3. The standard InChI is InChI=1S/C33H21N3/c1-22-14-16-23(17-15-22)27-11-7-12-29(26-9-4-3-8-24(26)21-34)33(27)36-31-13-6-5-10-28(31)30-20-25(35-2)18-19-32(30)36/h3-20H,1H3. The molecule has 6 aromatic rings. The maximum Gasteiger partial charge on any atom is 0.188 e. The number of aromatic nitrogens is 1. The first-order valence-electron chi connectivity index (χ1n) is 11.8. The molecule has 0 aliphatic rings. The van der Waals surface area contributed by atoms with E-state index in [0.717, 1.165) is 49.7 Å². The number of rotatable bonds is 3. The molecular formula is C33H21N3. The highest BCUT2D eigenvalue weighted by molar-refractivity contribution is 6.11. The van der Waals surface area contributed by atoms with Gasteiger partial charge in [0.1, 0.15) is 0 Å². The van der Waals surface area contributed by atoms with Crippen LogP contribution in [0.2, 0.25) is 0 Å². The van der Waals surface area contributed by atoms with Gasteiger partial charge in [0.05, 0.1) is 34.9 Å². The van der Waals surface area contributed by atoms with Gasteiger partial charge in [-0.2, -0.15) is 5.26 Å². The second-order valence-electron chi connectivity index (χ2n) is 8.89. The number of hydrogen-bond donors (Lipinski definition) is 0. The molecule has 0 aliphatic carbocycles. The van der Waals surface area contributed by atoms with Gasteiger partial charge in [0, 0.05) is 22.1 Å². The van der Waals surface area contributed by atoms with E-state index >= 15 is 0 Å². The third kappa shape index (κ3) is 3.35. The molecule has 5 aromatic carbocycles. The van der Waals surface area contributed by atoms with Gasteiger partial charge in [0.25, 0.3) is 0 Å². The molecule has 0 radical (unpaired) electrons. The van der Waals surface area contributed by atoms with Crippen molar-refractivity contribution in [1.29, 1.82) is 5.26 Å². The molecule has 3 nitrogen and oxygen atoms in total. The second-order valence-corrected chi connectivity index (χ2v) is 8.89. The smallest absolute Gasteiger partial charge is 0.188 e. The first-order valence-corrected chi connectivity index (χ1v) is 11.8. The molecule has 0 atom stereocenters. The van der Waals surface area contributed by atoms with E-state index in [1.165, 1.54) is 5.56 Å². The van der Waals surface area contributed by atoms with Gasteiger partial charge in [-0.1, -0.05) is 90.5 Å². The molecule has 0 fully saturated rings. The van der Waals surface area contributed by atoms with Gasteiger partial charge in [-0.3, -0.25) is 0 Å². The van der Waals surface area contributed by atoms with Crippen LogP contribution in [-0.2, 0) is 0 Å². The Kier molecular flexibility index (Phi) is 5.11. The van der Waals surface area contributed by atoms with Gasteiger partial charge in [-0.15, -0.1) is 0 Å². The molecule has 168 valence electrons. The Hall–Kier alpha value is -5.12. The average Bonchev–Trinajstić information content (AvgIpc) is 3.26. The fraction of sp³-hybridized carbons (Fsp3) is 0.0303. The SMILES string of the molecule is [C-]#[N+]c1ccc2c(c1)c1ccccc1n2-c1c(-c2ccc(C)cc2)cccc1-c1ccccc1C#N. The van der Waals surface area contributed by atoms with Crippen LogP contribution in [0, 0.1) is 24.8 Å². The highest BCUT2D eigenvalue weighted by atomic mass is 15.0. The van der Waals surface area contributed by atoms with Crippen molar-refractivity contribution in [3.8, 4) is 34.0 Å². The zero-order chi connectivity index (χ0) is 24.6. The summed E-state index contributed by atoms with van der Waals surface area (Å²) in [5.41, 5.74) is 9.63. The fourth-order valence-corrected chi connectivity index (χ4v) is 5.05. The quantitative estimate of drug-likeness (QED) is 0.243. The molecule has 0 spiro atoms. The second kappa shape index (κ2) is 8.58. The lowest BCUT2D eigenvalue weighted by atomic mass is 9.93. The molecule has 0 N–H and O–H groups in total. The molecular weight excluding hydrogens is 438 g/mol. The van der Waals surface area contributed by atoms with Crippen LogP contribution in [0.4, 0.5) is 5.69 Å². The lowest BCUT2D eigenvalue weighted by Crippen LogP contribution is -2.01. The van der Waals surface area contributed by atoms with Crippen molar-refractivity contribution in [2.24, 2.45) is 0 Å². The summed E-state index contributed by atoms with van der Waals surface area (Å²) in [6, 6.07) is 39.2. The third-order valence-electron chi connectivity index (χ3n) is 6.75. The Morgan fingerprint density at radius 1 is 0.694 bits per heavy atom. The molecule has 0 amide bonds. The molecule has 1 aromatic heterocycles. The lowest BCUT2D eigenvalue weighted by molar-refractivity contribution is 1.18. The van der Waals surface area contributed by atoms with E-state index in [-0.39, 0.29) is 0 Å². The van der Waals surface area contributed by atoms with E-state index in [2.05, 4.69) is 77.0 Å². The van der Waals surface area contributed by atoms with Gasteiger partial charge in [-0.25, -0.2) is 4.85 Å². The van der Waals surface area contributed by atoms with E-state index < -0.39 is 0 Å². The maximum absolute atomic E-state index is 9.93. The Bertz CT molecular complexity index is 1860. The Morgan fingerprint density at radius 2 is 1.39 bits per heavy atom. The van der Waals surface area contributed by atoms with Crippen molar-refractivity contribution in [2.75, 3.05) is 0 Å². The molecule has 0 bridgehead atoms. The van der Waals surface area contributed by atoms with Crippen LogP contribution in [0.5, 0.6) is 0 Å². The molecule has 0 unspecified atom stereocenters. The van der Waals surface area contributed by atoms with E-state index in [1.54, 1.807) is 0 Å². The maximum atomic E-state index is 9.93. The number of hydrogen-bond acceptors (Lipinski definition) is 1. The van der Waals surface area contributed by atoms with Crippen molar-refractivity contribution in [3.63, 3.8) is 0 Å². The number of fused-ring (bicyclic) bond motifs is 3. The Balaban J connectivity index is 1.81. The minimum Gasteiger partial charge on any atom is -0.308 e. The van der Waals surface area contributed by atoms with Gasteiger partial charge in [0.15, 0.2) is 5.69 Å². The average molecular weight is 460 g/mol. The van der Waals surface area contributed by atoms with Crippen LogP contribution in [0.1, 0.15) is 11.1 Å². The largest absolute Gasteiger partial charge is 0.308 e. The fourth-order valence-electron chi connectivity index (χ4n) is 5.05. The predicted octanol–water partition coefficient (Wildman–Crippen LogP) is 8.85. The highest BCUT2D eigenvalue weighted by Gasteiger charge is 2.20. The summed E-state index contributed by atoms with van der Waals surface area (Å²) < 4.78 is 2.29. The predicted molar refractivity (Wildman–Crippen MR) is 147 cm³/mol. The van der Waals surface area contributed by atoms with E-state index in [0.29, 0.717) is 11.3 Å². The zero-order valence-corrected chi connectivity index (χ0v) is 19.7. The minimum atomic E-state index is 0.618. The Labute approximate surface area is 209 Å². The number of aryl methyl sites for hydroxylation is 1. The van der Waals surface area contributed by atoms with Crippen molar-refractivity contribution in [1.82, 2.24) is 4.57 Å². The summed E-state index contributed by atoms with van der Waals surface area (Å²) in [5, 5.41) is 12.1. The summed E-state index contributed by atoms with van der Waals surface area (Å²) in [5.74, 6) is 0. The Morgan fingerprint density at radius 3 is 2.19 bits per heavy atom. The number of benzene rings is 5. The van der Waals surface area contributed by atoms with Crippen molar-refractivity contribution in [2.45, 2.75) is 6.92 Å². The molecule has 36 heavy (non-hydrogen) atoms. The molecule has 0 saturated heterocycles. The summed E-state index contributed by atoms with van der Waals surface area (Å²) >= 11 is 0. The summed E-state index contributed by atoms with van der Waals surface area (Å²) in [6.07, 6.45) is 0. The van der Waals surface area contributed by atoms with Crippen molar-refractivity contribution >= 4 is 27.5 Å². The van der Waals surface area contributed by atoms with E-state index in [4.69, 9.17) is 6.57 Å². The van der Waals surface area contributed by atoms with Crippen LogP contribution in [-0.4, -0.2) is 4.57 Å². The monoisotopic (exact) mass is 459 g/mol. The summed E-state index contributed by atoms with van der Waals surface area (Å²) in [7, 11) is 0. The molecule has 0 aliphatic heterocycles.